The third-order valence-electron chi connectivity index (χ3n) is 4.00. The molecular formula is C16H26N2O. The molecule has 1 saturated heterocycles. The number of benzene rings is 1. The zero-order valence-corrected chi connectivity index (χ0v) is 12.8. The molecule has 0 radical (unpaired) electrons. The maximum atomic E-state index is 5.44. The highest BCUT2D eigenvalue weighted by atomic mass is 16.5. The molecule has 2 rings (SSSR count). The van der Waals surface area contributed by atoms with Gasteiger partial charge in [0.05, 0.1) is 7.11 Å². The molecule has 0 aliphatic carbocycles. The fourth-order valence-electron chi connectivity index (χ4n) is 3.01. The molecule has 19 heavy (non-hydrogen) atoms. The van der Waals surface area contributed by atoms with Crippen LogP contribution in [0.25, 0.3) is 0 Å². The summed E-state index contributed by atoms with van der Waals surface area (Å²) in [6.45, 7) is 12.0. The Labute approximate surface area is 116 Å². The summed E-state index contributed by atoms with van der Waals surface area (Å²) in [4.78, 5) is 2.56. The first-order valence-electron chi connectivity index (χ1n) is 7.12. The molecule has 3 nitrogen and oxygen atoms in total. The van der Waals surface area contributed by atoms with Crippen LogP contribution in [0.4, 0.5) is 0 Å². The fraction of sp³-hybridized carbons (Fsp3) is 0.625. The van der Waals surface area contributed by atoms with E-state index < -0.39 is 0 Å². The van der Waals surface area contributed by atoms with Crippen LogP contribution in [-0.4, -0.2) is 37.2 Å². The molecule has 0 spiro atoms. The zero-order valence-electron chi connectivity index (χ0n) is 12.8. The summed E-state index contributed by atoms with van der Waals surface area (Å²) in [7, 11) is 1.75. The predicted molar refractivity (Wildman–Crippen MR) is 79.8 cm³/mol. The van der Waals surface area contributed by atoms with Crippen LogP contribution in [0.5, 0.6) is 5.75 Å². The van der Waals surface area contributed by atoms with Crippen LogP contribution in [0.2, 0.25) is 0 Å². The lowest BCUT2D eigenvalue weighted by molar-refractivity contribution is 0.139. The summed E-state index contributed by atoms with van der Waals surface area (Å²) in [5, 5.41) is 3.53. The van der Waals surface area contributed by atoms with Gasteiger partial charge in [0.25, 0.3) is 0 Å². The second-order valence-corrected chi connectivity index (χ2v) is 5.85. The number of nitrogens with one attached hydrogen (secondary N) is 1. The number of ether oxygens (including phenoxy) is 1. The molecule has 1 aliphatic rings. The van der Waals surface area contributed by atoms with Crippen molar-refractivity contribution in [2.75, 3.05) is 20.2 Å². The van der Waals surface area contributed by atoms with Crippen molar-refractivity contribution in [1.29, 1.82) is 0 Å². The minimum Gasteiger partial charge on any atom is -0.496 e. The normalized spacial score (nSPS) is 24.5. The Morgan fingerprint density at radius 3 is 2.47 bits per heavy atom. The van der Waals surface area contributed by atoms with E-state index in [1.54, 1.807) is 7.11 Å². The van der Waals surface area contributed by atoms with Gasteiger partial charge in [-0.15, -0.1) is 0 Å². The van der Waals surface area contributed by atoms with E-state index in [9.17, 15) is 0 Å². The van der Waals surface area contributed by atoms with Gasteiger partial charge in [0, 0.05) is 31.7 Å². The van der Waals surface area contributed by atoms with Crippen LogP contribution >= 0.6 is 0 Å². The first-order chi connectivity index (χ1) is 9.01. The maximum absolute atomic E-state index is 5.44. The van der Waals surface area contributed by atoms with Gasteiger partial charge in [0.1, 0.15) is 5.75 Å². The van der Waals surface area contributed by atoms with Crippen LogP contribution in [0, 0.1) is 13.8 Å². The molecule has 1 N–H and O–H groups in total. The number of aryl methyl sites for hydroxylation is 2. The molecule has 106 valence electrons. The Hall–Kier alpha value is -1.06. The predicted octanol–water partition coefficient (Wildman–Crippen LogP) is 2.49. The topological polar surface area (TPSA) is 24.5 Å². The minimum atomic E-state index is 0.580. The van der Waals surface area contributed by atoms with Crippen molar-refractivity contribution in [3.8, 4) is 5.75 Å². The first-order valence-corrected chi connectivity index (χ1v) is 7.12. The summed E-state index contributed by atoms with van der Waals surface area (Å²) in [5.41, 5.74) is 3.85. The van der Waals surface area contributed by atoms with Crippen LogP contribution in [-0.2, 0) is 6.54 Å². The van der Waals surface area contributed by atoms with Gasteiger partial charge in [-0.05, 0) is 44.4 Å². The summed E-state index contributed by atoms with van der Waals surface area (Å²) >= 11 is 0. The van der Waals surface area contributed by atoms with E-state index in [1.807, 2.05) is 0 Å². The molecule has 0 saturated carbocycles. The quantitative estimate of drug-likeness (QED) is 0.906. The first kappa shape index (κ1) is 14.4. The van der Waals surface area contributed by atoms with Gasteiger partial charge >= 0.3 is 0 Å². The van der Waals surface area contributed by atoms with Crippen molar-refractivity contribution < 1.29 is 4.74 Å². The van der Waals surface area contributed by atoms with E-state index in [0.717, 1.165) is 25.4 Å². The monoisotopic (exact) mass is 262 g/mol. The molecule has 1 aliphatic heterocycles. The van der Waals surface area contributed by atoms with E-state index >= 15 is 0 Å². The molecule has 0 aromatic heterocycles. The third kappa shape index (κ3) is 3.28. The SMILES string of the molecule is COc1c(C)cc(CN2CC(C)NCC2C)cc1C. The number of nitrogens with zero attached hydrogens (tertiary/aromatic N) is 1. The number of methoxy groups -OCH3 is 1. The van der Waals surface area contributed by atoms with Gasteiger partial charge in [-0.25, -0.2) is 0 Å². The number of piperazine rings is 1. The van der Waals surface area contributed by atoms with Gasteiger partial charge in [-0.3, -0.25) is 4.90 Å². The summed E-state index contributed by atoms with van der Waals surface area (Å²) in [5.74, 6) is 1.02. The van der Waals surface area contributed by atoms with Crippen molar-refractivity contribution in [3.05, 3.63) is 28.8 Å². The molecule has 1 fully saturated rings. The molecule has 0 amide bonds. The molecule has 1 aromatic carbocycles. The lowest BCUT2D eigenvalue weighted by Crippen LogP contribution is -2.53. The molecule has 2 unspecified atom stereocenters. The van der Waals surface area contributed by atoms with Crippen molar-refractivity contribution >= 4 is 0 Å². The number of rotatable bonds is 3. The Balaban J connectivity index is 2.14. The average molecular weight is 262 g/mol. The van der Waals surface area contributed by atoms with Gasteiger partial charge in [0.2, 0.25) is 0 Å². The minimum absolute atomic E-state index is 0.580. The molecule has 1 aromatic rings. The maximum Gasteiger partial charge on any atom is 0.124 e. The second kappa shape index (κ2) is 5.93. The van der Waals surface area contributed by atoms with E-state index in [2.05, 4.69) is 50.0 Å². The molecule has 2 atom stereocenters. The highest BCUT2D eigenvalue weighted by molar-refractivity contribution is 5.43. The van der Waals surface area contributed by atoms with Gasteiger partial charge < -0.3 is 10.1 Å². The Morgan fingerprint density at radius 2 is 1.89 bits per heavy atom. The second-order valence-electron chi connectivity index (χ2n) is 5.85. The van der Waals surface area contributed by atoms with E-state index in [4.69, 9.17) is 4.74 Å². The molecule has 1 heterocycles. The standard InChI is InChI=1S/C16H26N2O/c1-11-6-15(7-12(2)16(11)19-5)10-18-9-13(3)17-8-14(18)4/h6-7,13-14,17H,8-10H2,1-5H3. The molecule has 0 bridgehead atoms. The van der Waals surface area contributed by atoms with E-state index in [1.165, 1.54) is 16.7 Å². The Bertz CT molecular complexity index is 421. The van der Waals surface area contributed by atoms with Crippen molar-refractivity contribution in [1.82, 2.24) is 10.2 Å². The van der Waals surface area contributed by atoms with Crippen LogP contribution in [0.1, 0.15) is 30.5 Å². The van der Waals surface area contributed by atoms with E-state index in [-0.39, 0.29) is 0 Å². The highest BCUT2D eigenvalue weighted by Gasteiger charge is 2.22. The van der Waals surface area contributed by atoms with Crippen molar-refractivity contribution in [3.63, 3.8) is 0 Å². The van der Waals surface area contributed by atoms with Gasteiger partial charge in [-0.1, -0.05) is 12.1 Å². The zero-order chi connectivity index (χ0) is 14.0. The largest absolute Gasteiger partial charge is 0.496 e. The highest BCUT2D eigenvalue weighted by Crippen LogP contribution is 2.25. The number of hydrogen-bond acceptors (Lipinski definition) is 3. The Morgan fingerprint density at radius 1 is 1.26 bits per heavy atom. The van der Waals surface area contributed by atoms with E-state index in [0.29, 0.717) is 12.1 Å². The molecular weight excluding hydrogens is 236 g/mol. The van der Waals surface area contributed by atoms with Crippen LogP contribution < -0.4 is 10.1 Å². The molecule has 3 heteroatoms. The summed E-state index contributed by atoms with van der Waals surface area (Å²) < 4.78 is 5.44. The average Bonchev–Trinajstić information content (AvgIpc) is 2.33. The summed E-state index contributed by atoms with van der Waals surface area (Å²) in [6, 6.07) is 5.69. The van der Waals surface area contributed by atoms with Crippen molar-refractivity contribution in [2.24, 2.45) is 0 Å². The lowest BCUT2D eigenvalue weighted by Gasteiger charge is -2.37. The van der Waals surface area contributed by atoms with Gasteiger partial charge in [0.15, 0.2) is 0 Å². The Kier molecular flexibility index (Phi) is 4.48. The fourth-order valence-corrected chi connectivity index (χ4v) is 3.01. The lowest BCUT2D eigenvalue weighted by atomic mass is 10.0. The van der Waals surface area contributed by atoms with Crippen molar-refractivity contribution in [2.45, 2.75) is 46.3 Å². The van der Waals surface area contributed by atoms with Crippen LogP contribution in [0.15, 0.2) is 12.1 Å². The number of hydrogen-bond donors (Lipinski definition) is 1. The smallest absolute Gasteiger partial charge is 0.124 e. The third-order valence-corrected chi connectivity index (χ3v) is 4.00. The van der Waals surface area contributed by atoms with Gasteiger partial charge in [-0.2, -0.15) is 0 Å². The van der Waals surface area contributed by atoms with Crippen LogP contribution in [0.3, 0.4) is 0 Å². The summed E-state index contributed by atoms with van der Waals surface area (Å²) in [6.07, 6.45) is 0.